The Morgan fingerprint density at radius 2 is 0.935 bits per heavy atom. The molecule has 4 heteroatoms. The molecule has 0 bridgehead atoms. The highest BCUT2D eigenvalue weighted by Crippen LogP contribution is 2.58. The van der Waals surface area contributed by atoms with Crippen LogP contribution in [0.4, 0.5) is 0 Å². The summed E-state index contributed by atoms with van der Waals surface area (Å²) >= 11 is 0. The van der Waals surface area contributed by atoms with Crippen molar-refractivity contribution in [3.63, 3.8) is 0 Å². The Morgan fingerprint density at radius 1 is 0.581 bits per heavy atom. The molecule has 0 aliphatic rings. The molecule has 0 heterocycles. The number of carboxylic acids is 1. The smallest absolute Gasteiger partial charge is 0.307 e. The Bertz CT molecular complexity index is 1000. The summed E-state index contributed by atoms with van der Waals surface area (Å²) in [6.07, 6.45) is 0.939. The van der Waals surface area contributed by atoms with E-state index in [0.29, 0.717) is 0 Å². The van der Waals surface area contributed by atoms with Crippen LogP contribution in [0.25, 0.3) is 0 Å². The van der Waals surface area contributed by atoms with Crippen LogP contribution in [0, 0.1) is 0 Å². The number of hydrogen-bond donors (Lipinski definition) is 1. The molecule has 4 rings (SSSR count). The van der Waals surface area contributed by atoms with Gasteiger partial charge in [-0.15, -0.1) is 0 Å². The number of rotatable bonds is 7. The number of halogens is 1. The summed E-state index contributed by atoms with van der Waals surface area (Å²) < 4.78 is 0. The van der Waals surface area contributed by atoms with E-state index in [-0.39, 0.29) is 23.4 Å². The maximum absolute atomic E-state index is 11.0. The number of hydrogen-bond acceptors (Lipinski definition) is 1. The molecule has 0 aromatic heterocycles. The topological polar surface area (TPSA) is 37.3 Å². The molecular weight excluding hydrogens is 467 g/mol. The third-order valence-electron chi connectivity index (χ3n) is 5.39. The van der Waals surface area contributed by atoms with Crippen molar-refractivity contribution >= 4 is 29.1 Å². The zero-order valence-corrected chi connectivity index (χ0v) is 19.5. The molecule has 31 heavy (non-hydrogen) atoms. The predicted molar refractivity (Wildman–Crippen MR) is 127 cm³/mol. The number of benzene rings is 4. The Hall–Kier alpha value is -2.74. The summed E-state index contributed by atoms with van der Waals surface area (Å²) in [7, 11) is -1.93. The number of carbonyl (C=O) groups is 1. The summed E-state index contributed by atoms with van der Waals surface area (Å²) in [4.78, 5) is 11.0. The Morgan fingerprint density at radius 3 is 1.29 bits per heavy atom. The molecule has 0 aliphatic heterocycles. The van der Waals surface area contributed by atoms with Gasteiger partial charge in [0.15, 0.2) is 0 Å². The van der Waals surface area contributed by atoms with Gasteiger partial charge in [-0.1, -0.05) is 78.9 Å². The van der Waals surface area contributed by atoms with Crippen molar-refractivity contribution in [3.8, 4) is 0 Å². The van der Waals surface area contributed by atoms with Gasteiger partial charge in [0.1, 0.15) is 23.2 Å². The lowest BCUT2D eigenvalue weighted by molar-refractivity contribution is -0.136. The van der Waals surface area contributed by atoms with E-state index >= 15 is 0 Å². The Balaban J connectivity index is 0.00000272. The Labute approximate surface area is 194 Å². The summed E-state index contributed by atoms with van der Waals surface area (Å²) in [6, 6.07) is 40.4. The van der Waals surface area contributed by atoms with Gasteiger partial charge >= 0.3 is 5.97 Å². The van der Waals surface area contributed by atoms with Crippen LogP contribution in [-0.4, -0.2) is 11.1 Å². The average Bonchev–Trinajstić information content (AvgIpc) is 2.80. The van der Waals surface area contributed by atoms with Gasteiger partial charge in [-0.3, -0.25) is 4.79 Å². The third kappa shape index (κ3) is 5.12. The summed E-state index contributed by atoms with van der Waals surface area (Å²) in [6.45, 7) is 0. The van der Waals surface area contributed by atoms with Gasteiger partial charge in [0, 0.05) is 0 Å². The van der Waals surface area contributed by atoms with Crippen molar-refractivity contribution in [2.75, 3.05) is 0 Å². The lowest BCUT2D eigenvalue weighted by Gasteiger charge is -2.28. The van der Waals surface area contributed by atoms with E-state index in [4.69, 9.17) is 5.11 Å². The van der Waals surface area contributed by atoms with E-state index in [0.717, 1.165) is 11.7 Å². The number of aliphatic carboxylic acids is 1. The fourth-order valence-corrected chi connectivity index (χ4v) is 8.22. The molecule has 0 spiro atoms. The second-order valence-electron chi connectivity index (χ2n) is 7.36. The van der Waals surface area contributed by atoms with Gasteiger partial charge in [0.2, 0.25) is 0 Å². The largest absolute Gasteiger partial charge is 1.00 e. The highest BCUT2D eigenvalue weighted by Gasteiger charge is 2.45. The first-order valence-corrected chi connectivity index (χ1v) is 12.0. The monoisotopic (exact) mass is 490 g/mol. The van der Waals surface area contributed by atoms with Gasteiger partial charge in [-0.25, -0.2) is 0 Å². The molecule has 2 nitrogen and oxygen atoms in total. The van der Waals surface area contributed by atoms with Gasteiger partial charge in [0.25, 0.3) is 0 Å². The van der Waals surface area contributed by atoms with Crippen molar-refractivity contribution in [3.05, 3.63) is 126 Å². The van der Waals surface area contributed by atoms with Crippen molar-refractivity contribution in [2.24, 2.45) is 0 Å². The molecule has 0 fully saturated rings. The van der Waals surface area contributed by atoms with Crippen LogP contribution >= 0.6 is 7.26 Å². The molecule has 0 unspecified atom stereocenters. The molecular formula is C27H24BrO2P. The highest BCUT2D eigenvalue weighted by molar-refractivity contribution is 7.95. The van der Waals surface area contributed by atoms with Gasteiger partial charge in [-0.05, 0) is 47.5 Å². The van der Waals surface area contributed by atoms with E-state index in [9.17, 15) is 4.79 Å². The summed E-state index contributed by atoms with van der Waals surface area (Å²) in [5.41, 5.74) is 2.04. The molecule has 0 saturated carbocycles. The van der Waals surface area contributed by atoms with Crippen molar-refractivity contribution in [1.29, 1.82) is 0 Å². The average molecular weight is 491 g/mol. The van der Waals surface area contributed by atoms with Crippen molar-refractivity contribution in [1.82, 2.24) is 0 Å². The number of carboxylic acid groups (broad SMARTS) is 1. The third-order valence-corrected chi connectivity index (χ3v) is 9.77. The van der Waals surface area contributed by atoms with Crippen LogP contribution < -0.4 is 32.9 Å². The lowest BCUT2D eigenvalue weighted by atomic mass is 10.1. The normalized spacial score (nSPS) is 10.8. The standard InChI is InChI=1S/C27H23O2P.BrH/c28-27(29)20-22-16-18-23(19-17-22)21-30(24-10-4-1-5-11-24,25-12-6-2-7-13-25)26-14-8-3-9-15-26;/h1-19H,20-21H2;1H. The van der Waals surface area contributed by atoms with Crippen LogP contribution in [-0.2, 0) is 17.4 Å². The van der Waals surface area contributed by atoms with E-state index in [2.05, 4.69) is 103 Å². The zero-order valence-electron chi connectivity index (χ0n) is 17.1. The fourth-order valence-electron chi connectivity index (χ4n) is 3.98. The van der Waals surface area contributed by atoms with E-state index < -0.39 is 13.2 Å². The first-order valence-electron chi connectivity index (χ1n) is 10.0. The van der Waals surface area contributed by atoms with Crippen LogP contribution in [0.2, 0.25) is 0 Å². The molecule has 0 saturated heterocycles. The molecule has 0 amide bonds. The molecule has 0 aliphatic carbocycles. The first-order chi connectivity index (χ1) is 14.7. The van der Waals surface area contributed by atoms with E-state index in [1.165, 1.54) is 21.5 Å². The lowest BCUT2D eigenvalue weighted by Crippen LogP contribution is -3.00. The molecule has 1 N–H and O–H groups in total. The molecule has 0 radical (unpaired) electrons. The SMILES string of the molecule is O=C(O)Cc1ccc(C[P+](c2ccccc2)(c2ccccc2)c2ccccc2)cc1.[Br-]. The molecule has 156 valence electrons. The minimum absolute atomic E-state index is 0. The quantitative estimate of drug-likeness (QED) is 0.401. The highest BCUT2D eigenvalue weighted by atomic mass is 79.9. The van der Waals surface area contributed by atoms with Crippen molar-refractivity contribution < 1.29 is 26.9 Å². The van der Waals surface area contributed by atoms with Crippen LogP contribution in [0.15, 0.2) is 115 Å². The minimum atomic E-state index is -1.93. The maximum Gasteiger partial charge on any atom is 0.307 e. The zero-order chi connectivity index (χ0) is 20.8. The van der Waals surface area contributed by atoms with E-state index in [1.807, 2.05) is 12.1 Å². The van der Waals surface area contributed by atoms with Crippen LogP contribution in [0.1, 0.15) is 11.1 Å². The van der Waals surface area contributed by atoms with Crippen LogP contribution in [0.3, 0.4) is 0 Å². The summed E-state index contributed by atoms with van der Waals surface area (Å²) in [5.74, 6) is -0.803. The Kier molecular flexibility index (Phi) is 7.79. The molecule has 0 atom stereocenters. The summed E-state index contributed by atoms with van der Waals surface area (Å²) in [5, 5.41) is 13.1. The predicted octanol–water partition coefficient (Wildman–Crippen LogP) is 1.81. The molecule has 4 aromatic rings. The fraction of sp³-hybridized carbons (Fsp3) is 0.0741. The van der Waals surface area contributed by atoms with Crippen LogP contribution in [0.5, 0.6) is 0 Å². The van der Waals surface area contributed by atoms with Gasteiger partial charge in [0.05, 0.1) is 12.6 Å². The minimum Gasteiger partial charge on any atom is -1.00 e. The van der Waals surface area contributed by atoms with Crippen molar-refractivity contribution in [2.45, 2.75) is 12.6 Å². The van der Waals surface area contributed by atoms with Gasteiger partial charge in [-0.2, -0.15) is 0 Å². The molecule has 4 aromatic carbocycles. The van der Waals surface area contributed by atoms with Gasteiger partial charge < -0.3 is 22.1 Å². The maximum atomic E-state index is 11.0. The second kappa shape index (κ2) is 10.5. The second-order valence-corrected chi connectivity index (χ2v) is 10.8. The van der Waals surface area contributed by atoms with E-state index in [1.54, 1.807) is 0 Å². The first kappa shape index (κ1) is 22.9.